The highest BCUT2D eigenvalue weighted by Crippen LogP contribution is 2.27. The van der Waals surface area contributed by atoms with Gasteiger partial charge in [0.1, 0.15) is 0 Å². The zero-order chi connectivity index (χ0) is 11.5. The van der Waals surface area contributed by atoms with Crippen LogP contribution < -0.4 is 5.32 Å². The minimum Gasteiger partial charge on any atom is -0.349 e. The Bertz CT molecular complexity index is 377. The minimum atomic E-state index is -0.0101. The van der Waals surface area contributed by atoms with Gasteiger partial charge >= 0.3 is 0 Å². The normalized spacial score (nSPS) is 24.6. The molecule has 0 spiro atoms. The van der Waals surface area contributed by atoms with Crippen LogP contribution in [0.5, 0.6) is 0 Å². The van der Waals surface area contributed by atoms with Gasteiger partial charge in [-0.2, -0.15) is 5.10 Å². The van der Waals surface area contributed by atoms with Crippen molar-refractivity contribution >= 4 is 21.8 Å². The number of H-pyrrole nitrogens is 1. The van der Waals surface area contributed by atoms with E-state index < -0.39 is 0 Å². The molecule has 2 unspecified atom stereocenters. The Hall–Kier alpha value is -0.840. The van der Waals surface area contributed by atoms with Crippen LogP contribution in [0.15, 0.2) is 6.20 Å². The average Bonchev–Trinajstić information content (AvgIpc) is 2.86. The lowest BCUT2D eigenvalue weighted by Gasteiger charge is -2.18. The van der Waals surface area contributed by atoms with Crippen LogP contribution in [0.1, 0.15) is 35.3 Å². The van der Waals surface area contributed by atoms with Crippen LogP contribution in [0.2, 0.25) is 0 Å². The number of aryl methyl sites for hydroxylation is 1. The van der Waals surface area contributed by atoms with E-state index in [1.165, 1.54) is 12.8 Å². The molecule has 88 valence electrons. The second kappa shape index (κ2) is 4.99. The quantitative estimate of drug-likeness (QED) is 0.835. The SMILES string of the molecule is Cc1[nH]ncc1C(=O)NC1CCCC1CBr. The number of carbonyl (C=O) groups is 1. The van der Waals surface area contributed by atoms with E-state index in [0.717, 1.165) is 17.4 Å². The molecule has 2 atom stereocenters. The first-order valence-corrected chi connectivity index (χ1v) is 6.71. The number of nitrogens with one attached hydrogen (secondary N) is 2. The number of hydrogen-bond acceptors (Lipinski definition) is 2. The number of hydrogen-bond donors (Lipinski definition) is 2. The molecule has 1 amide bonds. The van der Waals surface area contributed by atoms with Crippen molar-refractivity contribution in [3.05, 3.63) is 17.5 Å². The van der Waals surface area contributed by atoms with Gasteiger partial charge in [0.15, 0.2) is 0 Å². The van der Waals surface area contributed by atoms with Gasteiger partial charge in [-0.3, -0.25) is 9.89 Å². The molecule has 16 heavy (non-hydrogen) atoms. The number of amides is 1. The third kappa shape index (κ3) is 2.29. The molecule has 5 heteroatoms. The summed E-state index contributed by atoms with van der Waals surface area (Å²) in [6, 6.07) is 0.307. The number of halogens is 1. The van der Waals surface area contributed by atoms with Gasteiger partial charge in [-0.1, -0.05) is 22.4 Å². The Balaban J connectivity index is 2.00. The van der Waals surface area contributed by atoms with Crippen molar-refractivity contribution < 1.29 is 4.79 Å². The standard InChI is InChI=1S/C11H16BrN3O/c1-7-9(6-13-15-7)11(16)14-10-4-2-3-8(10)5-12/h6,8,10H,2-5H2,1H3,(H,13,15)(H,14,16). The van der Waals surface area contributed by atoms with E-state index in [1.54, 1.807) is 6.20 Å². The third-order valence-electron chi connectivity index (χ3n) is 3.25. The summed E-state index contributed by atoms with van der Waals surface area (Å²) >= 11 is 3.50. The zero-order valence-corrected chi connectivity index (χ0v) is 10.9. The number of alkyl halides is 1. The molecule has 0 aliphatic heterocycles. The van der Waals surface area contributed by atoms with Crippen molar-refractivity contribution in [3.63, 3.8) is 0 Å². The van der Waals surface area contributed by atoms with Crippen molar-refractivity contribution in [2.75, 3.05) is 5.33 Å². The van der Waals surface area contributed by atoms with Crippen LogP contribution in [0.4, 0.5) is 0 Å². The van der Waals surface area contributed by atoms with E-state index >= 15 is 0 Å². The zero-order valence-electron chi connectivity index (χ0n) is 9.29. The van der Waals surface area contributed by atoms with Crippen molar-refractivity contribution in [2.45, 2.75) is 32.2 Å². The molecule has 1 saturated carbocycles. The smallest absolute Gasteiger partial charge is 0.254 e. The lowest BCUT2D eigenvalue weighted by molar-refractivity contribution is 0.0929. The summed E-state index contributed by atoms with van der Waals surface area (Å²) < 4.78 is 0. The van der Waals surface area contributed by atoms with Crippen molar-refractivity contribution in [1.29, 1.82) is 0 Å². The monoisotopic (exact) mass is 285 g/mol. The van der Waals surface area contributed by atoms with Gasteiger partial charge in [-0.15, -0.1) is 0 Å². The maximum atomic E-state index is 12.0. The van der Waals surface area contributed by atoms with Crippen molar-refractivity contribution in [3.8, 4) is 0 Å². The highest BCUT2D eigenvalue weighted by atomic mass is 79.9. The number of nitrogens with zero attached hydrogens (tertiary/aromatic N) is 1. The fourth-order valence-electron chi connectivity index (χ4n) is 2.24. The average molecular weight is 286 g/mol. The van der Waals surface area contributed by atoms with Crippen LogP contribution in [0, 0.1) is 12.8 Å². The maximum Gasteiger partial charge on any atom is 0.254 e. The Morgan fingerprint density at radius 3 is 3.12 bits per heavy atom. The highest BCUT2D eigenvalue weighted by molar-refractivity contribution is 9.09. The molecule has 0 bridgehead atoms. The van der Waals surface area contributed by atoms with E-state index in [1.807, 2.05) is 6.92 Å². The van der Waals surface area contributed by atoms with E-state index in [-0.39, 0.29) is 5.91 Å². The first-order chi connectivity index (χ1) is 7.72. The fourth-order valence-corrected chi connectivity index (χ4v) is 3.01. The molecule has 1 fully saturated rings. The molecular formula is C11H16BrN3O. The summed E-state index contributed by atoms with van der Waals surface area (Å²) in [7, 11) is 0. The second-order valence-corrected chi connectivity index (χ2v) is 4.98. The van der Waals surface area contributed by atoms with E-state index in [2.05, 4.69) is 31.4 Å². The van der Waals surface area contributed by atoms with Gasteiger partial charge in [0.2, 0.25) is 0 Å². The summed E-state index contributed by atoms with van der Waals surface area (Å²) in [4.78, 5) is 12.0. The van der Waals surface area contributed by atoms with Gasteiger partial charge in [-0.05, 0) is 25.7 Å². The second-order valence-electron chi connectivity index (χ2n) is 4.33. The molecule has 1 aliphatic carbocycles. The Morgan fingerprint density at radius 2 is 2.50 bits per heavy atom. The molecule has 1 aliphatic rings. The van der Waals surface area contributed by atoms with Gasteiger partial charge in [0.25, 0.3) is 5.91 Å². The topological polar surface area (TPSA) is 57.8 Å². The van der Waals surface area contributed by atoms with E-state index in [0.29, 0.717) is 17.5 Å². The predicted molar refractivity (Wildman–Crippen MR) is 65.7 cm³/mol. The van der Waals surface area contributed by atoms with E-state index in [4.69, 9.17) is 0 Å². The Morgan fingerprint density at radius 1 is 1.69 bits per heavy atom. The number of aromatic amines is 1. The molecule has 2 N–H and O–H groups in total. The van der Waals surface area contributed by atoms with Crippen LogP contribution in [-0.4, -0.2) is 27.5 Å². The van der Waals surface area contributed by atoms with Gasteiger partial charge in [0, 0.05) is 17.1 Å². The van der Waals surface area contributed by atoms with Crippen molar-refractivity contribution in [1.82, 2.24) is 15.5 Å². The molecule has 2 rings (SSSR count). The molecular weight excluding hydrogens is 270 g/mol. The lowest BCUT2D eigenvalue weighted by Crippen LogP contribution is -2.38. The van der Waals surface area contributed by atoms with Crippen LogP contribution in [0.3, 0.4) is 0 Å². The summed E-state index contributed by atoms with van der Waals surface area (Å²) in [5.74, 6) is 0.556. The highest BCUT2D eigenvalue weighted by Gasteiger charge is 2.28. The molecule has 1 heterocycles. The first-order valence-electron chi connectivity index (χ1n) is 5.59. The van der Waals surface area contributed by atoms with Gasteiger partial charge in [-0.25, -0.2) is 0 Å². The molecule has 4 nitrogen and oxygen atoms in total. The fraction of sp³-hybridized carbons (Fsp3) is 0.636. The number of aromatic nitrogens is 2. The number of rotatable bonds is 3. The maximum absolute atomic E-state index is 12.0. The summed E-state index contributed by atoms with van der Waals surface area (Å²) in [6.07, 6.45) is 5.06. The van der Waals surface area contributed by atoms with Crippen molar-refractivity contribution in [2.24, 2.45) is 5.92 Å². The largest absolute Gasteiger partial charge is 0.349 e. The van der Waals surface area contributed by atoms with Crippen LogP contribution >= 0.6 is 15.9 Å². The van der Waals surface area contributed by atoms with Gasteiger partial charge < -0.3 is 5.32 Å². The predicted octanol–water partition coefficient (Wildman–Crippen LogP) is 2.01. The number of carbonyl (C=O) groups excluding carboxylic acids is 1. The third-order valence-corrected chi connectivity index (χ3v) is 4.08. The lowest BCUT2D eigenvalue weighted by atomic mass is 10.1. The van der Waals surface area contributed by atoms with Gasteiger partial charge in [0.05, 0.1) is 11.8 Å². The van der Waals surface area contributed by atoms with E-state index in [9.17, 15) is 4.79 Å². The van der Waals surface area contributed by atoms with Crippen LogP contribution in [0.25, 0.3) is 0 Å². The Kier molecular flexibility index (Phi) is 3.63. The minimum absolute atomic E-state index is 0.0101. The molecule has 0 saturated heterocycles. The first kappa shape index (κ1) is 11.6. The summed E-state index contributed by atoms with van der Waals surface area (Å²) in [5.41, 5.74) is 1.48. The summed E-state index contributed by atoms with van der Waals surface area (Å²) in [6.45, 7) is 1.86. The molecule has 1 aromatic heterocycles. The summed E-state index contributed by atoms with van der Waals surface area (Å²) in [5, 5.41) is 10.7. The molecule has 0 radical (unpaired) electrons. The molecule has 1 aromatic rings. The Labute approximate surface area is 103 Å². The molecule has 0 aromatic carbocycles. The van der Waals surface area contributed by atoms with Crippen LogP contribution in [-0.2, 0) is 0 Å².